The van der Waals surface area contributed by atoms with Crippen molar-refractivity contribution in [1.29, 1.82) is 0 Å². The molecular formula is C62H68N10O4. The number of benzene rings is 6. The lowest BCUT2D eigenvalue weighted by atomic mass is 10.0. The van der Waals surface area contributed by atoms with E-state index in [1.54, 1.807) is 6.20 Å². The van der Waals surface area contributed by atoms with Crippen LogP contribution in [0.3, 0.4) is 0 Å². The number of hydrogen-bond acceptors (Lipinski definition) is 10. The standard InChI is InChI=1S/C32H37N5O2.C24H25N5O2.C6H6/c1-3-4-10-30(36-32(33)35-28-15-17-29(18-16-28)37-19-21-39-22-20-37)26-11-13-27(14-12-26)34-31(38)24(2)23-25-8-6-5-7-9-25;30-23(18-1-2-18)26-19-5-3-17(4-6-19)22-11-12-25-24(28-22)27-20-7-9-21(10-8-20)29-13-15-31-16-14-29;1-2-4-6-5-3-1/h3-18,24H,19-23H2,1-2H3,(H,34,38)(H3,33,35,36);3-12,18H,1-2,13-16H2,(H,26,30)(H,25,27,28);1-6H/b4-3-,30-10-;;. The maximum atomic E-state index is 12.7. The van der Waals surface area contributed by atoms with Gasteiger partial charge in [0.25, 0.3) is 0 Å². The number of ether oxygens (including phenoxy) is 2. The molecule has 0 spiro atoms. The fourth-order valence-corrected chi connectivity index (χ4v) is 8.30. The first-order valence-electron chi connectivity index (χ1n) is 26.0. The van der Waals surface area contributed by atoms with Gasteiger partial charge >= 0.3 is 0 Å². The van der Waals surface area contributed by atoms with E-state index in [0.717, 1.165) is 116 Å². The maximum Gasteiger partial charge on any atom is 0.227 e. The zero-order valence-electron chi connectivity index (χ0n) is 43.4. The summed E-state index contributed by atoms with van der Waals surface area (Å²) >= 11 is 0. The molecule has 0 radical (unpaired) electrons. The van der Waals surface area contributed by atoms with Crippen LogP contribution in [-0.2, 0) is 25.5 Å². The lowest BCUT2D eigenvalue weighted by Gasteiger charge is -2.28. The molecule has 76 heavy (non-hydrogen) atoms. The molecule has 7 aromatic rings. The summed E-state index contributed by atoms with van der Waals surface area (Å²) in [5.41, 5.74) is 16.5. The molecule has 3 heterocycles. The van der Waals surface area contributed by atoms with E-state index in [1.807, 2.05) is 178 Å². The minimum atomic E-state index is -0.143. The summed E-state index contributed by atoms with van der Waals surface area (Å²) in [7, 11) is 0. The van der Waals surface area contributed by atoms with Crippen molar-refractivity contribution in [2.45, 2.75) is 33.1 Å². The molecule has 1 unspecified atom stereocenters. The highest BCUT2D eigenvalue weighted by Crippen LogP contribution is 2.31. The zero-order valence-corrected chi connectivity index (χ0v) is 43.4. The minimum absolute atomic E-state index is 0.0117. The normalized spacial score (nSPS) is 15.0. The smallest absolute Gasteiger partial charge is 0.227 e. The fraction of sp³-hybridized carbons (Fsp3) is 0.242. The number of amides is 2. The van der Waals surface area contributed by atoms with E-state index in [-0.39, 0.29) is 29.6 Å². The van der Waals surface area contributed by atoms with Gasteiger partial charge in [-0.3, -0.25) is 9.59 Å². The summed E-state index contributed by atoms with van der Waals surface area (Å²) < 4.78 is 10.9. The first-order valence-corrected chi connectivity index (χ1v) is 26.0. The Labute approximate surface area is 446 Å². The molecule has 6 aromatic carbocycles. The molecule has 0 bridgehead atoms. The van der Waals surface area contributed by atoms with Crippen molar-refractivity contribution in [2.75, 3.05) is 83.7 Å². The molecule has 14 nitrogen and oxygen atoms in total. The molecule has 3 aliphatic rings. The van der Waals surface area contributed by atoms with Crippen LogP contribution < -0.4 is 36.8 Å². The second kappa shape index (κ2) is 28.2. The third-order valence-corrected chi connectivity index (χ3v) is 12.7. The first-order chi connectivity index (χ1) is 37.3. The van der Waals surface area contributed by atoms with E-state index in [1.165, 1.54) is 5.69 Å². The van der Waals surface area contributed by atoms with Gasteiger partial charge in [-0.05, 0) is 117 Å². The van der Waals surface area contributed by atoms with Crippen molar-refractivity contribution in [2.24, 2.45) is 22.6 Å². The Bertz CT molecular complexity index is 2950. The number of rotatable bonds is 15. The van der Waals surface area contributed by atoms with Crippen molar-refractivity contribution in [1.82, 2.24) is 9.97 Å². The molecule has 6 N–H and O–H groups in total. The van der Waals surface area contributed by atoms with E-state index in [4.69, 9.17) is 15.2 Å². The highest BCUT2D eigenvalue weighted by atomic mass is 16.5. The van der Waals surface area contributed by atoms with E-state index >= 15 is 0 Å². The molecule has 1 atom stereocenters. The van der Waals surface area contributed by atoms with Crippen molar-refractivity contribution >= 4 is 63.5 Å². The van der Waals surface area contributed by atoms with Gasteiger partial charge < -0.3 is 46.3 Å². The van der Waals surface area contributed by atoms with Gasteiger partial charge in [-0.2, -0.15) is 0 Å². The summed E-state index contributed by atoms with van der Waals surface area (Å²) in [4.78, 5) is 42.9. The Kier molecular flexibility index (Phi) is 19.9. The molecule has 2 aliphatic heterocycles. The van der Waals surface area contributed by atoms with E-state index < -0.39 is 0 Å². The number of nitrogens with zero attached hydrogens (tertiary/aromatic N) is 5. The van der Waals surface area contributed by atoms with Gasteiger partial charge in [0.1, 0.15) is 0 Å². The Hall–Kier alpha value is -8.59. The molecule has 14 heteroatoms. The van der Waals surface area contributed by atoms with Crippen LogP contribution in [0.15, 0.2) is 199 Å². The molecule has 1 aromatic heterocycles. The van der Waals surface area contributed by atoms with Gasteiger partial charge in [-0.15, -0.1) is 0 Å². The number of nitrogens with two attached hydrogens (primary N) is 1. The number of hydrogen-bond donors (Lipinski definition) is 5. The Morgan fingerprint density at radius 1 is 0.658 bits per heavy atom. The number of guanidine groups is 1. The van der Waals surface area contributed by atoms with Crippen LogP contribution >= 0.6 is 0 Å². The summed E-state index contributed by atoms with van der Waals surface area (Å²) in [6, 6.07) is 55.7. The number of anilines is 7. The van der Waals surface area contributed by atoms with Crippen molar-refractivity contribution < 1.29 is 19.1 Å². The average Bonchev–Trinajstić information content (AvgIpc) is 4.33. The van der Waals surface area contributed by atoms with Gasteiger partial charge in [0, 0.05) is 89.5 Å². The van der Waals surface area contributed by atoms with Crippen LogP contribution in [0.5, 0.6) is 0 Å². The van der Waals surface area contributed by atoms with Crippen molar-refractivity contribution in [3.8, 4) is 11.3 Å². The monoisotopic (exact) mass is 1020 g/mol. The number of morpholine rings is 2. The molecule has 2 saturated heterocycles. The zero-order chi connectivity index (χ0) is 52.7. The highest BCUT2D eigenvalue weighted by Gasteiger charge is 2.29. The van der Waals surface area contributed by atoms with E-state index in [0.29, 0.717) is 18.1 Å². The Morgan fingerprint density at radius 3 is 1.74 bits per heavy atom. The maximum absolute atomic E-state index is 12.7. The van der Waals surface area contributed by atoms with Gasteiger partial charge in [-0.1, -0.05) is 110 Å². The van der Waals surface area contributed by atoms with E-state index in [9.17, 15) is 9.59 Å². The third kappa shape index (κ3) is 17.0. The molecule has 2 amide bonds. The van der Waals surface area contributed by atoms with Gasteiger partial charge in [-0.25, -0.2) is 15.0 Å². The predicted molar refractivity (Wildman–Crippen MR) is 310 cm³/mol. The number of nitrogens with one attached hydrogen (secondary N) is 4. The lowest BCUT2D eigenvalue weighted by molar-refractivity contribution is -0.119. The molecule has 390 valence electrons. The summed E-state index contributed by atoms with van der Waals surface area (Å²) in [6.07, 6.45) is 10.2. The number of aromatic nitrogens is 2. The van der Waals surface area contributed by atoms with Crippen molar-refractivity contribution in [3.05, 3.63) is 205 Å². The van der Waals surface area contributed by atoms with Crippen LogP contribution in [0.25, 0.3) is 17.0 Å². The molecule has 3 fully saturated rings. The lowest BCUT2D eigenvalue weighted by Crippen LogP contribution is -2.36. The molecule has 1 saturated carbocycles. The van der Waals surface area contributed by atoms with Gasteiger partial charge in [0.2, 0.25) is 17.8 Å². The predicted octanol–water partition coefficient (Wildman–Crippen LogP) is 11.4. The quantitative estimate of drug-likeness (QED) is 0.0376. The van der Waals surface area contributed by atoms with Crippen LogP contribution in [-0.4, -0.2) is 80.3 Å². The number of carbonyl (C=O) groups is 2. The van der Waals surface area contributed by atoms with Crippen LogP contribution in [0.4, 0.5) is 40.1 Å². The Morgan fingerprint density at radius 2 is 1.17 bits per heavy atom. The number of carbonyl (C=O) groups excluding carboxylic acids is 2. The third-order valence-electron chi connectivity index (χ3n) is 12.7. The van der Waals surface area contributed by atoms with Crippen LogP contribution in [0.1, 0.15) is 37.8 Å². The average molecular weight is 1020 g/mol. The molecular weight excluding hydrogens is 949 g/mol. The summed E-state index contributed by atoms with van der Waals surface area (Å²) in [6.45, 7) is 10.6. The highest BCUT2D eigenvalue weighted by molar-refractivity contribution is 5.97. The summed E-state index contributed by atoms with van der Waals surface area (Å²) in [5, 5.41) is 12.4. The van der Waals surface area contributed by atoms with Gasteiger partial charge in [0.05, 0.1) is 37.8 Å². The van der Waals surface area contributed by atoms with Crippen molar-refractivity contribution in [3.63, 3.8) is 0 Å². The van der Waals surface area contributed by atoms with Gasteiger partial charge in [0.15, 0.2) is 5.96 Å². The molecule has 1 aliphatic carbocycles. The minimum Gasteiger partial charge on any atom is -0.378 e. The largest absolute Gasteiger partial charge is 0.378 e. The second-order valence-electron chi connectivity index (χ2n) is 18.5. The first kappa shape index (κ1) is 53.7. The molecule has 10 rings (SSSR count). The SMILES string of the molecule is C/C=C\C=C(/N=C(N)Nc1ccc(N2CCOCC2)cc1)c1ccc(NC(=O)C(C)Cc2ccccc2)cc1.O=C(Nc1ccc(-c2ccnc(Nc3ccc(N4CCOCC4)cc3)n2)cc1)C1CC1.c1ccccc1. The second-order valence-corrected chi connectivity index (χ2v) is 18.5. The number of aliphatic imine (C=N–C) groups is 1. The number of allylic oxidation sites excluding steroid dienone is 3. The van der Waals surface area contributed by atoms with Crippen LogP contribution in [0.2, 0.25) is 0 Å². The fourth-order valence-electron chi connectivity index (χ4n) is 8.30. The Balaban J connectivity index is 0.000000184. The van der Waals surface area contributed by atoms with Crippen LogP contribution in [0, 0.1) is 11.8 Å². The topological polar surface area (TPSA) is 171 Å². The van der Waals surface area contributed by atoms with E-state index in [2.05, 4.69) is 70.3 Å². The summed E-state index contributed by atoms with van der Waals surface area (Å²) in [5.74, 6) is 0.983.